The summed E-state index contributed by atoms with van der Waals surface area (Å²) in [5.74, 6) is -1.17. The molecule has 2 aromatic carbocycles. The Morgan fingerprint density at radius 3 is 2.12 bits per heavy atom. The van der Waals surface area contributed by atoms with Crippen molar-refractivity contribution in [2.75, 3.05) is 0 Å². The smallest absolute Gasteiger partial charge is 0.412 e. The first-order chi connectivity index (χ1) is 15.2. The largest absolute Gasteiger partial charge is 0.453 e. The van der Waals surface area contributed by atoms with Crippen molar-refractivity contribution in [1.29, 1.82) is 0 Å². The molecular formula is C26H29NO5. The minimum absolute atomic E-state index is 0.0695. The Morgan fingerprint density at radius 1 is 1.03 bits per heavy atom. The minimum atomic E-state index is -1.39. The van der Waals surface area contributed by atoms with E-state index in [-0.39, 0.29) is 6.42 Å². The maximum atomic E-state index is 13.4. The number of carbonyl (C=O) groups excluding carboxylic acids is 3. The number of carbonyl (C=O) groups is 3. The highest BCUT2D eigenvalue weighted by Crippen LogP contribution is 2.43. The van der Waals surface area contributed by atoms with Crippen LogP contribution < -0.4 is 0 Å². The van der Waals surface area contributed by atoms with Gasteiger partial charge in [-0.05, 0) is 38.3 Å². The first-order valence-electron chi connectivity index (χ1n) is 10.7. The average molecular weight is 436 g/mol. The van der Waals surface area contributed by atoms with Gasteiger partial charge < -0.3 is 9.47 Å². The molecule has 1 heterocycles. The van der Waals surface area contributed by atoms with Crippen molar-refractivity contribution in [3.8, 4) is 0 Å². The van der Waals surface area contributed by atoms with Crippen LogP contribution in [0.25, 0.3) is 0 Å². The van der Waals surface area contributed by atoms with Gasteiger partial charge in [0.2, 0.25) is 0 Å². The van der Waals surface area contributed by atoms with E-state index in [1.54, 1.807) is 26.8 Å². The standard InChI is InChI=1S/C26H29NO5/c1-5-6-17-20(28)22-24(29)31-23(19-15-11-8-12-16-19)21(18-13-9-7-10-14-18)27(22)25(30)32-26(2,3)4/h5,7-16,21-23H,1,6,17H2,2-4H3/t21-,22?,23+/m0/s1. The molecule has 0 N–H and O–H groups in total. The molecule has 1 amide bonds. The number of amides is 1. The summed E-state index contributed by atoms with van der Waals surface area (Å²) < 4.78 is 11.5. The van der Waals surface area contributed by atoms with Gasteiger partial charge in [-0.3, -0.25) is 9.69 Å². The summed E-state index contributed by atoms with van der Waals surface area (Å²) >= 11 is 0. The Kier molecular flexibility index (Phi) is 7.13. The molecule has 6 heteroatoms. The molecule has 1 saturated heterocycles. The van der Waals surface area contributed by atoms with Crippen LogP contribution in [-0.4, -0.2) is 34.4 Å². The van der Waals surface area contributed by atoms with Crippen molar-refractivity contribution in [1.82, 2.24) is 4.90 Å². The number of hydrogen-bond donors (Lipinski definition) is 0. The molecule has 6 nitrogen and oxygen atoms in total. The van der Waals surface area contributed by atoms with Gasteiger partial charge >= 0.3 is 12.1 Å². The zero-order chi connectivity index (χ0) is 23.3. The van der Waals surface area contributed by atoms with E-state index in [1.807, 2.05) is 60.7 Å². The van der Waals surface area contributed by atoms with Crippen LogP contribution in [-0.2, 0) is 19.1 Å². The summed E-state index contributed by atoms with van der Waals surface area (Å²) in [7, 11) is 0. The molecule has 0 saturated carbocycles. The molecule has 2 aromatic rings. The van der Waals surface area contributed by atoms with Gasteiger partial charge in [0, 0.05) is 6.42 Å². The number of rotatable bonds is 6. The van der Waals surface area contributed by atoms with Crippen LogP contribution >= 0.6 is 0 Å². The molecule has 3 rings (SSSR count). The van der Waals surface area contributed by atoms with Crippen molar-refractivity contribution in [2.24, 2.45) is 0 Å². The van der Waals surface area contributed by atoms with Gasteiger partial charge in [0.05, 0.1) is 0 Å². The second-order valence-corrected chi connectivity index (χ2v) is 8.71. The third kappa shape index (κ3) is 5.25. The number of esters is 1. The van der Waals surface area contributed by atoms with Crippen LogP contribution in [0, 0.1) is 0 Å². The van der Waals surface area contributed by atoms with E-state index in [9.17, 15) is 14.4 Å². The minimum Gasteiger partial charge on any atom is -0.453 e. The molecule has 0 spiro atoms. The molecule has 1 aliphatic heterocycles. The van der Waals surface area contributed by atoms with E-state index in [0.717, 1.165) is 11.1 Å². The van der Waals surface area contributed by atoms with E-state index in [2.05, 4.69) is 6.58 Å². The number of cyclic esters (lactones) is 1. The molecule has 32 heavy (non-hydrogen) atoms. The van der Waals surface area contributed by atoms with Gasteiger partial charge in [0.25, 0.3) is 0 Å². The summed E-state index contributed by atoms with van der Waals surface area (Å²) in [4.78, 5) is 40.9. The highest BCUT2D eigenvalue weighted by atomic mass is 16.6. The molecule has 0 aromatic heterocycles. The second-order valence-electron chi connectivity index (χ2n) is 8.71. The molecule has 0 radical (unpaired) electrons. The van der Waals surface area contributed by atoms with E-state index in [4.69, 9.17) is 9.47 Å². The quantitative estimate of drug-likeness (QED) is 0.356. The van der Waals surface area contributed by atoms with Crippen molar-refractivity contribution in [3.63, 3.8) is 0 Å². The maximum Gasteiger partial charge on any atom is 0.412 e. The van der Waals surface area contributed by atoms with E-state index in [1.165, 1.54) is 4.90 Å². The summed E-state index contributed by atoms with van der Waals surface area (Å²) in [5, 5.41) is 0. The molecule has 1 fully saturated rings. The van der Waals surface area contributed by atoms with Gasteiger partial charge in [-0.15, -0.1) is 6.58 Å². The Hall–Kier alpha value is -3.41. The molecular weight excluding hydrogens is 406 g/mol. The molecule has 1 aliphatic rings. The predicted octanol–water partition coefficient (Wildman–Crippen LogP) is 5.17. The van der Waals surface area contributed by atoms with Crippen LogP contribution in [0.15, 0.2) is 73.3 Å². The lowest BCUT2D eigenvalue weighted by Crippen LogP contribution is -2.58. The number of ether oxygens (including phenoxy) is 2. The van der Waals surface area contributed by atoms with Crippen molar-refractivity contribution < 1.29 is 23.9 Å². The first-order valence-corrected chi connectivity index (χ1v) is 10.7. The third-order valence-electron chi connectivity index (χ3n) is 5.10. The monoisotopic (exact) mass is 435 g/mol. The number of benzene rings is 2. The van der Waals surface area contributed by atoms with Gasteiger partial charge in [0.1, 0.15) is 11.6 Å². The molecule has 1 unspecified atom stereocenters. The van der Waals surface area contributed by atoms with Crippen molar-refractivity contribution in [3.05, 3.63) is 84.4 Å². The fourth-order valence-electron chi connectivity index (χ4n) is 3.75. The van der Waals surface area contributed by atoms with Crippen LogP contribution in [0.4, 0.5) is 4.79 Å². The zero-order valence-corrected chi connectivity index (χ0v) is 18.7. The highest BCUT2D eigenvalue weighted by Gasteiger charge is 2.51. The van der Waals surface area contributed by atoms with Gasteiger partial charge in [-0.25, -0.2) is 9.59 Å². The fraction of sp³-hybridized carbons (Fsp3) is 0.346. The van der Waals surface area contributed by atoms with E-state index >= 15 is 0 Å². The Labute approximate surface area is 188 Å². The normalized spacial score (nSPS) is 20.9. The van der Waals surface area contributed by atoms with Crippen molar-refractivity contribution in [2.45, 2.75) is 57.4 Å². The fourth-order valence-corrected chi connectivity index (χ4v) is 3.75. The number of allylic oxidation sites excluding steroid dienone is 1. The number of Topliss-reactive ketones (excluding diaryl/α,β-unsaturated/α-hetero) is 1. The number of hydrogen-bond acceptors (Lipinski definition) is 5. The lowest BCUT2D eigenvalue weighted by Gasteiger charge is -2.44. The Bertz CT molecular complexity index is 965. The SMILES string of the molecule is C=CCCC(=O)C1C(=O)O[C@H](c2ccccc2)[C@H](c2ccccc2)N1C(=O)OC(C)(C)C. The van der Waals surface area contributed by atoms with Crippen LogP contribution in [0.2, 0.25) is 0 Å². The number of morpholine rings is 1. The predicted molar refractivity (Wildman–Crippen MR) is 121 cm³/mol. The Morgan fingerprint density at radius 2 is 1.59 bits per heavy atom. The average Bonchev–Trinajstić information content (AvgIpc) is 2.76. The molecule has 168 valence electrons. The Balaban J connectivity index is 2.15. The topological polar surface area (TPSA) is 72.9 Å². The summed E-state index contributed by atoms with van der Waals surface area (Å²) in [6.45, 7) is 8.87. The van der Waals surface area contributed by atoms with Crippen LogP contribution in [0.1, 0.15) is 56.9 Å². The summed E-state index contributed by atoms with van der Waals surface area (Å²) in [6, 6.07) is 16.3. The van der Waals surface area contributed by atoms with E-state index in [0.29, 0.717) is 6.42 Å². The maximum absolute atomic E-state index is 13.4. The second kappa shape index (κ2) is 9.81. The lowest BCUT2D eigenvalue weighted by atomic mass is 9.90. The van der Waals surface area contributed by atoms with Crippen LogP contribution in [0.3, 0.4) is 0 Å². The summed E-state index contributed by atoms with van der Waals surface area (Å²) in [6.07, 6.45) is 0.539. The van der Waals surface area contributed by atoms with Crippen molar-refractivity contribution >= 4 is 17.8 Å². The first kappa shape index (κ1) is 23.3. The van der Waals surface area contributed by atoms with Gasteiger partial charge in [0.15, 0.2) is 17.9 Å². The number of nitrogens with zero attached hydrogens (tertiary/aromatic N) is 1. The zero-order valence-electron chi connectivity index (χ0n) is 18.7. The lowest BCUT2D eigenvalue weighted by molar-refractivity contribution is -0.176. The van der Waals surface area contributed by atoms with E-state index < -0.39 is 41.6 Å². The highest BCUT2D eigenvalue weighted by molar-refractivity contribution is 6.06. The van der Waals surface area contributed by atoms with Crippen LogP contribution in [0.5, 0.6) is 0 Å². The third-order valence-corrected chi connectivity index (χ3v) is 5.10. The summed E-state index contributed by atoms with van der Waals surface area (Å²) in [5.41, 5.74) is 0.651. The molecule has 0 bridgehead atoms. The van der Waals surface area contributed by atoms with Gasteiger partial charge in [-0.2, -0.15) is 0 Å². The number of ketones is 1. The van der Waals surface area contributed by atoms with Gasteiger partial charge in [-0.1, -0.05) is 66.7 Å². The molecule has 0 aliphatic carbocycles. The molecule has 3 atom stereocenters.